The molecule has 4 aromatic rings. The van der Waals surface area contributed by atoms with Gasteiger partial charge >= 0.3 is 0 Å². The van der Waals surface area contributed by atoms with Crippen LogP contribution in [0.1, 0.15) is 67.9 Å². The molecular weight excluding hydrogens is 649 g/mol. The lowest BCUT2D eigenvalue weighted by atomic mass is 10.0. The van der Waals surface area contributed by atoms with Crippen molar-refractivity contribution >= 4 is 22.3 Å². The number of hydrogen-bond acceptors (Lipinski definition) is 6. The van der Waals surface area contributed by atoms with Gasteiger partial charge in [-0.1, -0.05) is 171 Å². The molecule has 0 aliphatic heterocycles. The van der Waals surface area contributed by atoms with Gasteiger partial charge in [0.15, 0.2) is 29.1 Å². The molecule has 2 aromatic carbocycles. The van der Waals surface area contributed by atoms with E-state index in [0.717, 1.165) is 83.3 Å². The van der Waals surface area contributed by atoms with Crippen LogP contribution in [-0.2, 0) is 6.42 Å². The minimum Gasteiger partial charge on any atom is -0.213 e. The largest absolute Gasteiger partial charge is 0.213 e. The highest BCUT2D eigenvalue weighted by Gasteiger charge is 2.15. The summed E-state index contributed by atoms with van der Waals surface area (Å²) in [6.45, 7) is 2.14. The molecule has 0 bridgehead atoms. The van der Waals surface area contributed by atoms with Crippen LogP contribution in [0.4, 0.5) is 0 Å². The maximum absolute atomic E-state index is 4.97. The number of aromatic nitrogens is 6. The molecule has 3 aliphatic carbocycles. The highest BCUT2D eigenvalue weighted by atomic mass is 15.0. The van der Waals surface area contributed by atoms with Gasteiger partial charge in [-0.2, -0.15) is 0 Å². The van der Waals surface area contributed by atoms with Crippen LogP contribution >= 0.6 is 0 Å². The lowest BCUT2D eigenvalue weighted by Gasteiger charge is -2.10. The number of nitrogens with zero attached hydrogens (tertiary/aromatic N) is 6. The van der Waals surface area contributed by atoms with Crippen LogP contribution < -0.4 is 0 Å². The Hall–Kier alpha value is -6.40. The van der Waals surface area contributed by atoms with E-state index < -0.39 is 0 Å². The van der Waals surface area contributed by atoms with E-state index in [1.807, 2.05) is 36.4 Å². The third kappa shape index (κ3) is 9.29. The van der Waals surface area contributed by atoms with E-state index in [2.05, 4.69) is 134 Å². The first-order valence-electron chi connectivity index (χ1n) is 18.4. The fraction of sp³-hybridized carbons (Fsp3) is 0.149. The molecule has 0 atom stereocenters. The summed E-state index contributed by atoms with van der Waals surface area (Å²) in [5.41, 5.74) is 7.08. The molecule has 53 heavy (non-hydrogen) atoms. The second-order valence-electron chi connectivity index (χ2n) is 12.7. The van der Waals surface area contributed by atoms with Gasteiger partial charge in [-0.3, -0.25) is 0 Å². The van der Waals surface area contributed by atoms with E-state index in [4.69, 9.17) is 29.9 Å². The summed E-state index contributed by atoms with van der Waals surface area (Å²) >= 11 is 0. The lowest BCUT2D eigenvalue weighted by Crippen LogP contribution is -2.06. The Morgan fingerprint density at radius 1 is 0.491 bits per heavy atom. The average molecular weight is 691 g/mol. The van der Waals surface area contributed by atoms with Gasteiger partial charge in [0.2, 0.25) is 0 Å². The maximum Gasteiger partial charge on any atom is 0.164 e. The normalized spacial score (nSPS) is 15.6. The number of aryl methyl sites for hydroxylation is 1. The van der Waals surface area contributed by atoms with E-state index >= 15 is 0 Å². The van der Waals surface area contributed by atoms with Crippen molar-refractivity contribution in [1.82, 2.24) is 29.9 Å². The quantitative estimate of drug-likeness (QED) is 0.146. The van der Waals surface area contributed by atoms with Gasteiger partial charge < -0.3 is 0 Å². The minimum absolute atomic E-state index is 0.643. The summed E-state index contributed by atoms with van der Waals surface area (Å²) in [5, 5.41) is 0. The maximum atomic E-state index is 4.97. The summed E-state index contributed by atoms with van der Waals surface area (Å²) in [5.74, 6) is 4.15. The van der Waals surface area contributed by atoms with Crippen LogP contribution in [0.2, 0.25) is 0 Å². The third-order valence-corrected chi connectivity index (χ3v) is 8.85. The molecule has 260 valence electrons. The molecule has 0 N–H and O–H groups in total. The molecule has 0 spiro atoms. The van der Waals surface area contributed by atoms with Crippen molar-refractivity contribution in [1.29, 1.82) is 0 Å². The highest BCUT2D eigenvalue weighted by Crippen LogP contribution is 2.29. The van der Waals surface area contributed by atoms with Gasteiger partial charge in [0.1, 0.15) is 5.82 Å². The van der Waals surface area contributed by atoms with Gasteiger partial charge in [0.05, 0.1) is 0 Å². The van der Waals surface area contributed by atoms with Gasteiger partial charge in [-0.05, 0) is 43.2 Å². The predicted octanol–water partition coefficient (Wildman–Crippen LogP) is 11.1. The number of rotatable bonds is 11. The van der Waals surface area contributed by atoms with Crippen molar-refractivity contribution in [3.8, 4) is 22.8 Å². The summed E-state index contributed by atoms with van der Waals surface area (Å²) in [7, 11) is 0. The third-order valence-electron chi connectivity index (χ3n) is 8.85. The fourth-order valence-electron chi connectivity index (χ4n) is 6.04. The summed E-state index contributed by atoms with van der Waals surface area (Å²) in [6.07, 6.45) is 43.2. The van der Waals surface area contributed by atoms with E-state index in [1.165, 1.54) is 0 Å². The lowest BCUT2D eigenvalue weighted by molar-refractivity contribution is 0.833. The van der Waals surface area contributed by atoms with Crippen molar-refractivity contribution in [2.24, 2.45) is 0 Å². The number of benzene rings is 2. The second kappa shape index (κ2) is 17.7. The fourth-order valence-corrected chi connectivity index (χ4v) is 6.04. The second-order valence-corrected chi connectivity index (χ2v) is 12.7. The molecule has 7 rings (SSSR count). The van der Waals surface area contributed by atoms with E-state index in [-0.39, 0.29) is 0 Å². The minimum atomic E-state index is 0.643. The molecule has 2 aromatic heterocycles. The Balaban J connectivity index is 1.14. The molecule has 2 heterocycles. The van der Waals surface area contributed by atoms with Crippen molar-refractivity contribution in [2.45, 2.75) is 45.4 Å². The zero-order chi connectivity index (χ0) is 36.1. The zero-order valence-electron chi connectivity index (χ0n) is 30.0. The Labute approximate surface area is 312 Å². The Kier molecular flexibility index (Phi) is 11.7. The van der Waals surface area contributed by atoms with Crippen LogP contribution in [0.3, 0.4) is 0 Å². The zero-order valence-corrected chi connectivity index (χ0v) is 30.0. The topological polar surface area (TPSA) is 77.3 Å². The SMILES string of the molecule is CC/C=C\C=CCCc1nc(C2=CC=CCC=C2)nc(C2=CCC=C(c3ccc(-c4nc(C5=CCC=CC=C5)nc(-c5ccccc5)n4)cc3)C=C2)n1. The highest BCUT2D eigenvalue weighted by molar-refractivity contribution is 5.83. The van der Waals surface area contributed by atoms with Gasteiger partial charge in [-0.25, -0.2) is 29.9 Å². The van der Waals surface area contributed by atoms with Crippen LogP contribution in [0, 0.1) is 0 Å². The molecule has 0 amide bonds. The van der Waals surface area contributed by atoms with Gasteiger partial charge in [-0.15, -0.1) is 0 Å². The van der Waals surface area contributed by atoms with Crippen molar-refractivity contribution in [3.05, 3.63) is 193 Å². The van der Waals surface area contributed by atoms with Crippen molar-refractivity contribution < 1.29 is 0 Å². The first-order valence-corrected chi connectivity index (χ1v) is 18.4. The summed E-state index contributed by atoms with van der Waals surface area (Å²) in [4.78, 5) is 29.5. The van der Waals surface area contributed by atoms with E-state index in [9.17, 15) is 0 Å². The van der Waals surface area contributed by atoms with Gasteiger partial charge in [0, 0.05) is 34.3 Å². The summed E-state index contributed by atoms with van der Waals surface area (Å²) in [6, 6.07) is 18.5. The first-order chi connectivity index (χ1) is 26.2. The molecule has 0 fully saturated rings. The van der Waals surface area contributed by atoms with E-state index in [0.29, 0.717) is 29.1 Å². The molecule has 3 aliphatic rings. The molecule has 0 radical (unpaired) electrons. The van der Waals surface area contributed by atoms with Crippen LogP contribution in [0.5, 0.6) is 0 Å². The van der Waals surface area contributed by atoms with Crippen LogP contribution in [-0.4, -0.2) is 29.9 Å². The standard InChI is InChI=1S/C47H42N6/c1-2-3-4-5-6-18-28-42-48-43(37-20-12-7-8-13-21-37)50-44(49-42)40-27-19-26-35(29-32-40)36-30-33-41(34-31-36)47-52-45(38-22-14-9-10-15-23-38)51-46(53-47)39-24-16-11-17-25-39/h3-7,9-14,16-17,20-27,29-34H,2,8,15,18-19,28H2,1H3/b4-3-,6-5?. The number of allylic oxidation sites excluding steroid dienone is 22. The molecule has 6 nitrogen and oxygen atoms in total. The Morgan fingerprint density at radius 3 is 1.94 bits per heavy atom. The monoisotopic (exact) mass is 690 g/mol. The summed E-state index contributed by atoms with van der Waals surface area (Å²) < 4.78 is 0. The van der Waals surface area contributed by atoms with Crippen molar-refractivity contribution in [3.63, 3.8) is 0 Å². The predicted molar refractivity (Wildman–Crippen MR) is 219 cm³/mol. The number of hydrogen-bond donors (Lipinski definition) is 0. The molecule has 6 heteroatoms. The first kappa shape index (κ1) is 35.0. The van der Waals surface area contributed by atoms with Crippen LogP contribution in [0.15, 0.2) is 164 Å². The van der Waals surface area contributed by atoms with Gasteiger partial charge in [0.25, 0.3) is 0 Å². The van der Waals surface area contributed by atoms with Crippen LogP contribution in [0.25, 0.3) is 45.1 Å². The van der Waals surface area contributed by atoms with E-state index in [1.54, 1.807) is 0 Å². The molecule has 0 unspecified atom stereocenters. The molecular formula is C47H42N6. The van der Waals surface area contributed by atoms with Crippen molar-refractivity contribution in [2.75, 3.05) is 0 Å². The molecule has 0 saturated heterocycles. The Bertz CT molecular complexity index is 2270. The average Bonchev–Trinajstić information content (AvgIpc) is 3.76. The smallest absolute Gasteiger partial charge is 0.164 e. The Morgan fingerprint density at radius 2 is 1.11 bits per heavy atom. The molecule has 0 saturated carbocycles.